The number of aryl methyl sites for hydroxylation is 1. The Morgan fingerprint density at radius 2 is 1.93 bits per heavy atom. The molecule has 0 N–H and O–H groups in total. The zero-order valence-corrected chi connectivity index (χ0v) is 19.1. The van der Waals surface area contributed by atoms with Crippen molar-refractivity contribution in [2.45, 2.75) is 20.8 Å². The van der Waals surface area contributed by atoms with E-state index >= 15 is 0 Å². The standard InChI is InChI=1S/C22H25ClFN3O2S/c1-5-26(6-2)11-12-27(21(28)16-9-8-15(24)13-17(16)23)22-25-19-18(29-4)10-7-14(3)20(19)30-22/h7-10,13H,5-6,11-12H2,1-4H3. The molecule has 160 valence electrons. The summed E-state index contributed by atoms with van der Waals surface area (Å²) in [6.07, 6.45) is 0. The molecular weight excluding hydrogens is 425 g/mol. The minimum Gasteiger partial charge on any atom is -0.494 e. The SMILES string of the molecule is CCN(CC)CCN(C(=O)c1ccc(F)cc1Cl)c1nc2c(OC)ccc(C)c2s1. The molecule has 5 nitrogen and oxygen atoms in total. The number of nitrogens with zero attached hydrogens (tertiary/aromatic N) is 3. The Kier molecular flexibility index (Phi) is 7.28. The van der Waals surface area contributed by atoms with Crippen LogP contribution in [0.3, 0.4) is 0 Å². The van der Waals surface area contributed by atoms with Crippen molar-refractivity contribution in [3.05, 3.63) is 52.3 Å². The zero-order valence-electron chi connectivity index (χ0n) is 17.5. The molecule has 0 fully saturated rings. The Bertz CT molecular complexity index is 1050. The molecule has 0 unspecified atom stereocenters. The van der Waals surface area contributed by atoms with E-state index in [0.717, 1.165) is 34.9 Å². The molecule has 0 aliphatic carbocycles. The second-order valence-electron chi connectivity index (χ2n) is 6.87. The molecular formula is C22H25ClFN3O2S. The summed E-state index contributed by atoms with van der Waals surface area (Å²) >= 11 is 7.63. The largest absolute Gasteiger partial charge is 0.494 e. The topological polar surface area (TPSA) is 45.7 Å². The number of hydrogen-bond acceptors (Lipinski definition) is 5. The van der Waals surface area contributed by atoms with Crippen LogP contribution in [0.4, 0.5) is 9.52 Å². The van der Waals surface area contributed by atoms with E-state index in [0.29, 0.717) is 24.0 Å². The minimum absolute atomic E-state index is 0.0858. The minimum atomic E-state index is -0.480. The Hall–Kier alpha value is -2.22. The molecule has 0 aliphatic rings. The number of methoxy groups -OCH3 is 1. The van der Waals surface area contributed by atoms with Gasteiger partial charge in [-0.1, -0.05) is 42.9 Å². The molecule has 0 saturated heterocycles. The van der Waals surface area contributed by atoms with Crippen molar-refractivity contribution >= 4 is 44.2 Å². The Morgan fingerprint density at radius 3 is 2.57 bits per heavy atom. The lowest BCUT2D eigenvalue weighted by Gasteiger charge is -2.25. The maximum absolute atomic E-state index is 13.5. The molecule has 0 bridgehead atoms. The number of likely N-dealkylation sites (N-methyl/N-ethyl adjacent to an activating group) is 1. The maximum Gasteiger partial charge on any atom is 0.261 e. The van der Waals surface area contributed by atoms with Gasteiger partial charge >= 0.3 is 0 Å². The molecule has 0 aliphatic heterocycles. The van der Waals surface area contributed by atoms with Crippen molar-refractivity contribution in [2.24, 2.45) is 0 Å². The first-order valence-electron chi connectivity index (χ1n) is 9.82. The van der Waals surface area contributed by atoms with E-state index in [-0.39, 0.29) is 16.5 Å². The van der Waals surface area contributed by atoms with Gasteiger partial charge in [0.25, 0.3) is 5.91 Å². The number of anilines is 1. The van der Waals surface area contributed by atoms with Crippen molar-refractivity contribution in [3.8, 4) is 5.75 Å². The lowest BCUT2D eigenvalue weighted by molar-refractivity contribution is 0.0984. The highest BCUT2D eigenvalue weighted by Crippen LogP contribution is 2.37. The van der Waals surface area contributed by atoms with Gasteiger partial charge < -0.3 is 9.64 Å². The molecule has 0 saturated carbocycles. The van der Waals surface area contributed by atoms with Gasteiger partial charge in [-0.2, -0.15) is 0 Å². The van der Waals surface area contributed by atoms with Crippen LogP contribution in [0, 0.1) is 12.7 Å². The lowest BCUT2D eigenvalue weighted by Crippen LogP contribution is -2.39. The number of rotatable bonds is 8. The fourth-order valence-electron chi connectivity index (χ4n) is 3.25. The van der Waals surface area contributed by atoms with Gasteiger partial charge in [-0.05, 0) is 49.8 Å². The molecule has 0 spiro atoms. The molecule has 0 radical (unpaired) electrons. The van der Waals surface area contributed by atoms with E-state index in [1.807, 2.05) is 19.1 Å². The first-order chi connectivity index (χ1) is 14.4. The highest BCUT2D eigenvalue weighted by atomic mass is 35.5. The molecule has 1 aromatic heterocycles. The summed E-state index contributed by atoms with van der Waals surface area (Å²) < 4.78 is 19.9. The van der Waals surface area contributed by atoms with Gasteiger partial charge in [0.2, 0.25) is 0 Å². The van der Waals surface area contributed by atoms with E-state index in [9.17, 15) is 9.18 Å². The molecule has 8 heteroatoms. The fourth-order valence-corrected chi connectivity index (χ4v) is 4.58. The fraction of sp³-hybridized carbons (Fsp3) is 0.364. The van der Waals surface area contributed by atoms with Crippen LogP contribution in [0.1, 0.15) is 29.8 Å². The highest BCUT2D eigenvalue weighted by molar-refractivity contribution is 7.22. The normalized spacial score (nSPS) is 11.3. The number of carbonyl (C=O) groups is 1. The van der Waals surface area contributed by atoms with Crippen LogP contribution in [-0.4, -0.2) is 49.1 Å². The Balaban J connectivity index is 2.06. The number of amides is 1. The molecule has 0 atom stereocenters. The molecule has 30 heavy (non-hydrogen) atoms. The number of carbonyl (C=O) groups excluding carboxylic acids is 1. The molecule has 1 amide bonds. The van der Waals surface area contributed by atoms with Crippen molar-refractivity contribution in [3.63, 3.8) is 0 Å². The zero-order chi connectivity index (χ0) is 21.8. The number of thiazole rings is 1. The quantitative estimate of drug-likeness (QED) is 0.462. The summed E-state index contributed by atoms with van der Waals surface area (Å²) in [7, 11) is 1.60. The van der Waals surface area contributed by atoms with E-state index in [1.165, 1.54) is 23.5 Å². The maximum atomic E-state index is 13.5. The van der Waals surface area contributed by atoms with Crippen molar-refractivity contribution in [1.82, 2.24) is 9.88 Å². The van der Waals surface area contributed by atoms with Crippen LogP contribution in [0.2, 0.25) is 5.02 Å². The second kappa shape index (κ2) is 9.73. The van der Waals surface area contributed by atoms with E-state index in [2.05, 4.69) is 18.7 Å². The van der Waals surface area contributed by atoms with Crippen molar-refractivity contribution in [1.29, 1.82) is 0 Å². The van der Waals surface area contributed by atoms with Crippen LogP contribution in [-0.2, 0) is 0 Å². The van der Waals surface area contributed by atoms with Crippen molar-refractivity contribution in [2.75, 3.05) is 38.2 Å². The number of fused-ring (bicyclic) bond motifs is 1. The number of aromatic nitrogens is 1. The third kappa shape index (κ3) is 4.58. The molecule has 2 aromatic carbocycles. The predicted octanol–water partition coefficient (Wildman–Crippen LogP) is 5.39. The number of benzene rings is 2. The summed E-state index contributed by atoms with van der Waals surface area (Å²) in [4.78, 5) is 22.0. The summed E-state index contributed by atoms with van der Waals surface area (Å²) in [5.41, 5.74) is 2.04. The summed E-state index contributed by atoms with van der Waals surface area (Å²) in [5.74, 6) is -0.122. The number of hydrogen-bond donors (Lipinski definition) is 0. The average molecular weight is 450 g/mol. The Labute approximate surface area is 185 Å². The monoisotopic (exact) mass is 449 g/mol. The van der Waals surface area contributed by atoms with E-state index < -0.39 is 5.82 Å². The highest BCUT2D eigenvalue weighted by Gasteiger charge is 2.25. The van der Waals surface area contributed by atoms with Crippen LogP contribution in [0.25, 0.3) is 10.2 Å². The van der Waals surface area contributed by atoms with Gasteiger partial charge in [-0.15, -0.1) is 0 Å². The third-order valence-corrected chi connectivity index (χ3v) is 6.61. The van der Waals surface area contributed by atoms with Gasteiger partial charge in [0, 0.05) is 13.1 Å². The summed E-state index contributed by atoms with van der Waals surface area (Å²) in [6, 6.07) is 7.67. The van der Waals surface area contributed by atoms with E-state index in [1.54, 1.807) is 12.0 Å². The molecule has 1 heterocycles. The van der Waals surface area contributed by atoms with Crippen molar-refractivity contribution < 1.29 is 13.9 Å². The molecule has 3 aromatic rings. The van der Waals surface area contributed by atoms with Gasteiger partial charge in [0.05, 0.1) is 22.4 Å². The van der Waals surface area contributed by atoms with Crippen LogP contribution in [0.15, 0.2) is 30.3 Å². The van der Waals surface area contributed by atoms with Gasteiger partial charge in [-0.3, -0.25) is 9.69 Å². The van der Waals surface area contributed by atoms with Gasteiger partial charge in [-0.25, -0.2) is 9.37 Å². The number of halogens is 2. The van der Waals surface area contributed by atoms with E-state index in [4.69, 9.17) is 21.3 Å². The van der Waals surface area contributed by atoms with Crippen LogP contribution in [0.5, 0.6) is 5.75 Å². The molecule has 3 rings (SSSR count). The third-order valence-electron chi connectivity index (χ3n) is 5.08. The predicted molar refractivity (Wildman–Crippen MR) is 122 cm³/mol. The second-order valence-corrected chi connectivity index (χ2v) is 8.25. The first-order valence-corrected chi connectivity index (χ1v) is 11.0. The summed E-state index contributed by atoms with van der Waals surface area (Å²) in [5, 5.41) is 0.651. The lowest BCUT2D eigenvalue weighted by atomic mass is 10.2. The van der Waals surface area contributed by atoms with Crippen LogP contribution < -0.4 is 9.64 Å². The van der Waals surface area contributed by atoms with Gasteiger partial charge in [0.15, 0.2) is 5.13 Å². The Morgan fingerprint density at radius 1 is 1.20 bits per heavy atom. The van der Waals surface area contributed by atoms with Gasteiger partial charge in [0.1, 0.15) is 17.1 Å². The smallest absolute Gasteiger partial charge is 0.261 e. The number of ether oxygens (including phenoxy) is 1. The van der Waals surface area contributed by atoms with Crippen LogP contribution >= 0.6 is 22.9 Å². The summed E-state index contributed by atoms with van der Waals surface area (Å²) in [6.45, 7) is 9.05. The average Bonchev–Trinajstić information content (AvgIpc) is 3.17. The first kappa shape index (κ1) is 22.5.